The topological polar surface area (TPSA) is 12.5 Å². The summed E-state index contributed by atoms with van der Waals surface area (Å²) in [6.07, 6.45) is 0. The maximum Gasteiger partial charge on any atom is 0.123 e. The molecule has 4 aromatic rings. The second kappa shape index (κ2) is 8.13. The van der Waals surface area contributed by atoms with E-state index in [2.05, 4.69) is 72.8 Å². The monoisotopic (exact) mass is 395 g/mol. The number of benzene rings is 4. The third-order valence-corrected chi connectivity index (χ3v) is 5.70. The summed E-state index contributed by atoms with van der Waals surface area (Å²) in [7, 11) is 0. The smallest absolute Gasteiger partial charge is 0.123 e. The Kier molecular flexibility index (Phi) is 5.04. The molecule has 4 aromatic carbocycles. The van der Waals surface area contributed by atoms with E-state index in [0.29, 0.717) is 6.61 Å². The Morgan fingerprint density at radius 2 is 1.23 bits per heavy atom. The van der Waals surface area contributed by atoms with Gasteiger partial charge in [0, 0.05) is 5.92 Å². The maximum absolute atomic E-state index is 13.5. The average molecular weight is 395 g/mol. The molecule has 0 bridgehead atoms. The number of rotatable bonds is 4. The van der Waals surface area contributed by atoms with Crippen LogP contribution in [0.2, 0.25) is 0 Å². The SMILES string of the molecule is Fc1ccc(N2OCC(c3ccccc3)C2c2ccc(-c3ccccc3)cc2)cc1. The molecule has 1 heterocycles. The number of hydrogen-bond acceptors (Lipinski definition) is 2. The Hall–Kier alpha value is -3.43. The quantitative estimate of drug-likeness (QED) is 0.378. The van der Waals surface area contributed by atoms with Crippen molar-refractivity contribution in [2.45, 2.75) is 12.0 Å². The number of anilines is 1. The van der Waals surface area contributed by atoms with Gasteiger partial charge in [-0.15, -0.1) is 0 Å². The molecule has 0 aromatic heterocycles. The molecule has 2 unspecified atom stereocenters. The van der Waals surface area contributed by atoms with Crippen LogP contribution in [0.5, 0.6) is 0 Å². The number of nitrogens with zero attached hydrogens (tertiary/aromatic N) is 1. The second-order valence-electron chi connectivity index (χ2n) is 7.55. The van der Waals surface area contributed by atoms with Crippen LogP contribution in [0.25, 0.3) is 11.1 Å². The summed E-state index contributed by atoms with van der Waals surface area (Å²) in [4.78, 5) is 6.14. The lowest BCUT2D eigenvalue weighted by Gasteiger charge is -2.28. The molecule has 0 aliphatic carbocycles. The first-order chi connectivity index (χ1) is 14.8. The van der Waals surface area contributed by atoms with E-state index >= 15 is 0 Å². The van der Waals surface area contributed by atoms with Crippen molar-refractivity contribution in [3.8, 4) is 11.1 Å². The van der Waals surface area contributed by atoms with Gasteiger partial charge in [0.25, 0.3) is 0 Å². The molecule has 1 fully saturated rings. The van der Waals surface area contributed by atoms with Crippen molar-refractivity contribution in [2.75, 3.05) is 11.7 Å². The van der Waals surface area contributed by atoms with Crippen LogP contribution < -0.4 is 5.06 Å². The Morgan fingerprint density at radius 1 is 0.633 bits per heavy atom. The van der Waals surface area contributed by atoms with Crippen LogP contribution in [0.1, 0.15) is 23.1 Å². The fraction of sp³-hybridized carbons (Fsp3) is 0.111. The van der Waals surface area contributed by atoms with Gasteiger partial charge in [0.2, 0.25) is 0 Å². The van der Waals surface area contributed by atoms with Gasteiger partial charge >= 0.3 is 0 Å². The Labute approximate surface area is 176 Å². The number of hydroxylamine groups is 1. The van der Waals surface area contributed by atoms with E-state index in [4.69, 9.17) is 4.84 Å². The van der Waals surface area contributed by atoms with Crippen LogP contribution in [-0.2, 0) is 4.84 Å². The lowest BCUT2D eigenvalue weighted by Crippen LogP contribution is -2.23. The van der Waals surface area contributed by atoms with Crippen molar-refractivity contribution < 1.29 is 9.23 Å². The van der Waals surface area contributed by atoms with Crippen molar-refractivity contribution in [1.82, 2.24) is 0 Å². The lowest BCUT2D eigenvalue weighted by atomic mass is 9.87. The average Bonchev–Trinajstić information content (AvgIpc) is 3.26. The van der Waals surface area contributed by atoms with Gasteiger partial charge in [-0.05, 0) is 46.5 Å². The van der Waals surface area contributed by atoms with Crippen molar-refractivity contribution in [3.05, 3.63) is 126 Å². The summed E-state index contributed by atoms with van der Waals surface area (Å²) in [6, 6.07) is 36.0. The number of hydrogen-bond donors (Lipinski definition) is 0. The molecule has 1 saturated heterocycles. The van der Waals surface area contributed by atoms with Crippen LogP contribution in [0.3, 0.4) is 0 Å². The highest BCUT2D eigenvalue weighted by Gasteiger charge is 2.38. The molecule has 1 aliphatic rings. The van der Waals surface area contributed by atoms with Crippen LogP contribution in [0, 0.1) is 5.82 Å². The van der Waals surface area contributed by atoms with Gasteiger partial charge in [0.05, 0.1) is 18.3 Å². The predicted molar refractivity (Wildman–Crippen MR) is 119 cm³/mol. The van der Waals surface area contributed by atoms with Gasteiger partial charge in [0.15, 0.2) is 0 Å². The summed E-state index contributed by atoms with van der Waals surface area (Å²) < 4.78 is 13.5. The first-order valence-electron chi connectivity index (χ1n) is 10.2. The van der Waals surface area contributed by atoms with E-state index in [1.165, 1.54) is 34.4 Å². The molecular formula is C27H22FNO. The molecule has 5 rings (SSSR count). The molecule has 30 heavy (non-hydrogen) atoms. The highest BCUT2D eigenvalue weighted by atomic mass is 19.1. The van der Waals surface area contributed by atoms with Crippen LogP contribution in [0.4, 0.5) is 10.1 Å². The third-order valence-electron chi connectivity index (χ3n) is 5.70. The lowest BCUT2D eigenvalue weighted by molar-refractivity contribution is 0.157. The van der Waals surface area contributed by atoms with Crippen LogP contribution in [-0.4, -0.2) is 6.61 Å². The van der Waals surface area contributed by atoms with E-state index < -0.39 is 0 Å². The summed E-state index contributed by atoms with van der Waals surface area (Å²) in [5.41, 5.74) is 5.64. The van der Waals surface area contributed by atoms with E-state index in [9.17, 15) is 4.39 Å². The minimum absolute atomic E-state index is 0.00249. The zero-order chi connectivity index (χ0) is 20.3. The standard InChI is InChI=1S/C27H22FNO/c28-24-15-17-25(18-16-24)29-27(26(19-30-29)22-9-5-2-6-10-22)23-13-11-21(12-14-23)20-7-3-1-4-8-20/h1-18,26-27H,19H2. The summed E-state index contributed by atoms with van der Waals surface area (Å²) in [6.45, 7) is 0.576. The number of halogens is 1. The van der Waals surface area contributed by atoms with E-state index in [-0.39, 0.29) is 17.8 Å². The summed E-state index contributed by atoms with van der Waals surface area (Å²) >= 11 is 0. The highest BCUT2D eigenvalue weighted by Crippen LogP contribution is 2.44. The minimum atomic E-state index is -0.249. The molecule has 0 N–H and O–H groups in total. The van der Waals surface area contributed by atoms with Gasteiger partial charge in [-0.3, -0.25) is 4.84 Å². The van der Waals surface area contributed by atoms with Gasteiger partial charge in [-0.25, -0.2) is 9.45 Å². The first kappa shape index (κ1) is 18.6. The van der Waals surface area contributed by atoms with Crippen molar-refractivity contribution in [3.63, 3.8) is 0 Å². The normalized spacial score (nSPS) is 18.5. The molecular weight excluding hydrogens is 373 g/mol. The second-order valence-corrected chi connectivity index (χ2v) is 7.55. The minimum Gasteiger partial charge on any atom is -0.272 e. The Morgan fingerprint density at radius 3 is 1.90 bits per heavy atom. The molecule has 0 radical (unpaired) electrons. The zero-order valence-electron chi connectivity index (χ0n) is 16.5. The van der Waals surface area contributed by atoms with Crippen LogP contribution in [0.15, 0.2) is 109 Å². The molecule has 2 atom stereocenters. The van der Waals surface area contributed by atoms with Crippen LogP contribution >= 0.6 is 0 Å². The fourth-order valence-corrected chi connectivity index (χ4v) is 4.17. The maximum atomic E-state index is 13.5. The molecule has 0 spiro atoms. The molecule has 0 amide bonds. The summed E-state index contributed by atoms with van der Waals surface area (Å²) in [5, 5.41) is 1.93. The van der Waals surface area contributed by atoms with Gasteiger partial charge in [-0.2, -0.15) is 0 Å². The van der Waals surface area contributed by atoms with E-state index in [1.807, 2.05) is 17.2 Å². The fourth-order valence-electron chi connectivity index (χ4n) is 4.17. The largest absolute Gasteiger partial charge is 0.272 e. The van der Waals surface area contributed by atoms with Gasteiger partial charge in [0.1, 0.15) is 5.82 Å². The van der Waals surface area contributed by atoms with Crippen molar-refractivity contribution >= 4 is 5.69 Å². The zero-order valence-corrected chi connectivity index (χ0v) is 16.5. The molecule has 148 valence electrons. The Balaban J connectivity index is 1.53. The van der Waals surface area contributed by atoms with E-state index in [0.717, 1.165) is 5.69 Å². The molecule has 0 saturated carbocycles. The highest BCUT2D eigenvalue weighted by molar-refractivity contribution is 5.64. The molecule has 2 nitrogen and oxygen atoms in total. The van der Waals surface area contributed by atoms with Crippen molar-refractivity contribution in [1.29, 1.82) is 0 Å². The summed E-state index contributed by atoms with van der Waals surface area (Å²) in [5.74, 6) is -0.0693. The van der Waals surface area contributed by atoms with Gasteiger partial charge in [-0.1, -0.05) is 84.9 Å². The molecule has 1 aliphatic heterocycles. The Bertz CT molecular complexity index is 1100. The van der Waals surface area contributed by atoms with Crippen molar-refractivity contribution in [2.24, 2.45) is 0 Å². The molecule has 3 heteroatoms. The van der Waals surface area contributed by atoms with E-state index in [1.54, 1.807) is 12.1 Å². The first-order valence-corrected chi connectivity index (χ1v) is 10.2. The van der Waals surface area contributed by atoms with Gasteiger partial charge < -0.3 is 0 Å². The predicted octanol–water partition coefficient (Wildman–Crippen LogP) is 6.77. The third kappa shape index (κ3) is 3.60.